The fraction of sp³-hybridized carbons (Fsp3) is 0.474. The molecule has 1 amide bonds. The van der Waals surface area contributed by atoms with Gasteiger partial charge in [-0.3, -0.25) is 4.79 Å². The lowest BCUT2D eigenvalue weighted by Crippen LogP contribution is -2.23. The Bertz CT molecular complexity index is 781. The highest BCUT2D eigenvalue weighted by atomic mass is 16.4. The van der Waals surface area contributed by atoms with Crippen molar-refractivity contribution in [3.63, 3.8) is 0 Å². The highest BCUT2D eigenvalue weighted by Crippen LogP contribution is 2.32. The quantitative estimate of drug-likeness (QED) is 0.863. The predicted octanol–water partition coefficient (Wildman–Crippen LogP) is 3.83. The van der Waals surface area contributed by atoms with Gasteiger partial charge in [0.1, 0.15) is 5.76 Å². The van der Waals surface area contributed by atoms with Crippen LogP contribution in [0.5, 0.6) is 0 Å². The van der Waals surface area contributed by atoms with Crippen molar-refractivity contribution in [3.8, 4) is 0 Å². The Morgan fingerprint density at radius 1 is 1.24 bits per heavy atom. The van der Waals surface area contributed by atoms with Crippen molar-refractivity contribution in [1.29, 1.82) is 0 Å². The van der Waals surface area contributed by atoms with Crippen LogP contribution in [0.25, 0.3) is 0 Å². The number of carbonyl (C=O) groups excluding carboxylic acids is 1. The van der Waals surface area contributed by atoms with Crippen LogP contribution in [-0.4, -0.2) is 21.6 Å². The minimum absolute atomic E-state index is 0.125. The summed E-state index contributed by atoms with van der Waals surface area (Å²) in [6.07, 6.45) is 6.12. The van der Waals surface area contributed by atoms with E-state index in [1.165, 1.54) is 38.2 Å². The second kappa shape index (κ2) is 7.17. The van der Waals surface area contributed by atoms with E-state index in [1.807, 2.05) is 19.9 Å². The molecule has 1 saturated carbocycles. The standard InChI is InChI=1S/C19H24N2O4/c1-12-10-16(13(2)21(12)14-6-4-3-5-7-14)18(22)20-11-15-8-9-17(25-15)19(23)24/h8-10,14H,3-7,11H2,1-2H3,(H,20,22)(H,23,24). The molecule has 3 rings (SSSR count). The van der Waals surface area contributed by atoms with Crippen molar-refractivity contribution in [1.82, 2.24) is 9.88 Å². The number of aromatic carboxylic acids is 1. The average Bonchev–Trinajstić information content (AvgIpc) is 3.18. The molecule has 2 aromatic rings. The summed E-state index contributed by atoms with van der Waals surface area (Å²) in [4.78, 5) is 23.4. The Hall–Kier alpha value is -2.50. The van der Waals surface area contributed by atoms with Gasteiger partial charge in [0.15, 0.2) is 0 Å². The van der Waals surface area contributed by atoms with Gasteiger partial charge in [-0.15, -0.1) is 0 Å². The summed E-state index contributed by atoms with van der Waals surface area (Å²) in [6, 6.07) is 5.37. The summed E-state index contributed by atoms with van der Waals surface area (Å²) < 4.78 is 7.46. The van der Waals surface area contributed by atoms with Crippen LogP contribution in [0.2, 0.25) is 0 Å². The first kappa shape index (κ1) is 17.3. The van der Waals surface area contributed by atoms with E-state index in [0.29, 0.717) is 17.4 Å². The molecule has 1 fully saturated rings. The number of aromatic nitrogens is 1. The number of rotatable bonds is 5. The molecule has 2 aromatic heterocycles. The number of aryl methyl sites for hydroxylation is 1. The van der Waals surface area contributed by atoms with Crippen molar-refractivity contribution in [3.05, 3.63) is 46.7 Å². The molecular formula is C19H24N2O4. The summed E-state index contributed by atoms with van der Waals surface area (Å²) in [7, 11) is 0. The number of furan rings is 1. The van der Waals surface area contributed by atoms with E-state index in [2.05, 4.69) is 9.88 Å². The molecule has 0 spiro atoms. The normalized spacial score (nSPS) is 15.3. The maximum Gasteiger partial charge on any atom is 0.371 e. The fourth-order valence-corrected chi connectivity index (χ4v) is 3.76. The molecule has 2 heterocycles. The van der Waals surface area contributed by atoms with E-state index >= 15 is 0 Å². The zero-order valence-electron chi connectivity index (χ0n) is 14.7. The third-order valence-electron chi connectivity index (χ3n) is 4.96. The second-order valence-corrected chi connectivity index (χ2v) is 6.70. The molecular weight excluding hydrogens is 320 g/mol. The zero-order chi connectivity index (χ0) is 18.0. The molecule has 0 atom stereocenters. The van der Waals surface area contributed by atoms with Crippen LogP contribution in [-0.2, 0) is 6.54 Å². The molecule has 134 valence electrons. The highest BCUT2D eigenvalue weighted by Gasteiger charge is 2.22. The Morgan fingerprint density at radius 2 is 1.96 bits per heavy atom. The largest absolute Gasteiger partial charge is 0.475 e. The van der Waals surface area contributed by atoms with Crippen molar-refractivity contribution in [2.75, 3.05) is 0 Å². The van der Waals surface area contributed by atoms with Crippen LogP contribution >= 0.6 is 0 Å². The van der Waals surface area contributed by atoms with Gasteiger partial charge in [-0.1, -0.05) is 19.3 Å². The van der Waals surface area contributed by atoms with E-state index in [-0.39, 0.29) is 18.2 Å². The molecule has 0 radical (unpaired) electrons. The molecule has 0 unspecified atom stereocenters. The van der Waals surface area contributed by atoms with Crippen LogP contribution in [0, 0.1) is 13.8 Å². The summed E-state index contributed by atoms with van der Waals surface area (Å²) in [5.74, 6) is -0.983. The van der Waals surface area contributed by atoms with Gasteiger partial charge in [-0.2, -0.15) is 0 Å². The Kier molecular flexibility index (Phi) is 4.97. The smallest absolute Gasteiger partial charge is 0.371 e. The van der Waals surface area contributed by atoms with Gasteiger partial charge in [0.2, 0.25) is 5.76 Å². The number of nitrogens with zero attached hydrogens (tertiary/aromatic N) is 1. The lowest BCUT2D eigenvalue weighted by molar-refractivity contribution is 0.0660. The molecule has 0 aliphatic heterocycles. The molecule has 1 aliphatic carbocycles. The SMILES string of the molecule is Cc1cc(C(=O)NCc2ccc(C(=O)O)o2)c(C)n1C1CCCCC1. The molecule has 1 aliphatic rings. The van der Waals surface area contributed by atoms with Crippen molar-refractivity contribution < 1.29 is 19.1 Å². The number of nitrogens with one attached hydrogen (secondary N) is 1. The predicted molar refractivity (Wildman–Crippen MR) is 92.9 cm³/mol. The van der Waals surface area contributed by atoms with Gasteiger partial charge < -0.3 is 19.4 Å². The van der Waals surface area contributed by atoms with Gasteiger partial charge >= 0.3 is 5.97 Å². The monoisotopic (exact) mass is 344 g/mol. The number of carboxylic acids is 1. The van der Waals surface area contributed by atoms with E-state index in [9.17, 15) is 9.59 Å². The van der Waals surface area contributed by atoms with E-state index in [1.54, 1.807) is 6.07 Å². The zero-order valence-corrected chi connectivity index (χ0v) is 14.7. The molecule has 0 saturated heterocycles. The van der Waals surface area contributed by atoms with Gasteiger partial charge in [0.05, 0.1) is 12.1 Å². The molecule has 25 heavy (non-hydrogen) atoms. The Morgan fingerprint density at radius 3 is 2.60 bits per heavy atom. The number of carbonyl (C=O) groups is 2. The minimum Gasteiger partial charge on any atom is -0.475 e. The highest BCUT2D eigenvalue weighted by molar-refractivity contribution is 5.95. The van der Waals surface area contributed by atoms with Crippen molar-refractivity contribution >= 4 is 11.9 Å². The minimum atomic E-state index is -1.12. The summed E-state index contributed by atoms with van der Waals surface area (Å²) in [5, 5.41) is 11.7. The van der Waals surface area contributed by atoms with Crippen LogP contribution in [0.3, 0.4) is 0 Å². The van der Waals surface area contributed by atoms with Crippen LogP contribution in [0.4, 0.5) is 0 Å². The van der Waals surface area contributed by atoms with Crippen molar-refractivity contribution in [2.45, 2.75) is 58.5 Å². The van der Waals surface area contributed by atoms with Gasteiger partial charge in [0, 0.05) is 17.4 Å². The second-order valence-electron chi connectivity index (χ2n) is 6.70. The number of amides is 1. The van der Waals surface area contributed by atoms with Crippen LogP contribution in [0.1, 0.15) is 76.2 Å². The first-order valence-corrected chi connectivity index (χ1v) is 8.76. The molecule has 0 aromatic carbocycles. The van der Waals surface area contributed by atoms with Crippen LogP contribution in [0.15, 0.2) is 22.6 Å². The summed E-state index contributed by atoms with van der Waals surface area (Å²) in [5.41, 5.74) is 2.78. The first-order chi connectivity index (χ1) is 12.0. The average molecular weight is 344 g/mol. The van der Waals surface area contributed by atoms with Gasteiger partial charge in [0.25, 0.3) is 5.91 Å². The van der Waals surface area contributed by atoms with E-state index < -0.39 is 5.97 Å². The summed E-state index contributed by atoms with van der Waals surface area (Å²) in [6.45, 7) is 4.20. The number of hydrogen-bond acceptors (Lipinski definition) is 3. The molecule has 6 nitrogen and oxygen atoms in total. The van der Waals surface area contributed by atoms with E-state index in [0.717, 1.165) is 11.4 Å². The lowest BCUT2D eigenvalue weighted by atomic mass is 9.95. The van der Waals surface area contributed by atoms with Crippen molar-refractivity contribution in [2.24, 2.45) is 0 Å². The number of carboxylic acid groups (broad SMARTS) is 1. The number of hydrogen-bond donors (Lipinski definition) is 2. The van der Waals surface area contributed by atoms with E-state index in [4.69, 9.17) is 9.52 Å². The Labute approximate surface area is 146 Å². The molecule has 0 bridgehead atoms. The third-order valence-corrected chi connectivity index (χ3v) is 4.96. The van der Waals surface area contributed by atoms with Crippen LogP contribution < -0.4 is 5.32 Å². The summed E-state index contributed by atoms with van der Waals surface area (Å²) >= 11 is 0. The Balaban J connectivity index is 1.70. The maximum atomic E-state index is 12.5. The first-order valence-electron chi connectivity index (χ1n) is 8.76. The fourth-order valence-electron chi connectivity index (χ4n) is 3.76. The third kappa shape index (κ3) is 3.62. The maximum absolute atomic E-state index is 12.5. The van der Waals surface area contributed by atoms with Gasteiger partial charge in [-0.25, -0.2) is 4.79 Å². The lowest BCUT2D eigenvalue weighted by Gasteiger charge is -2.26. The topological polar surface area (TPSA) is 84.5 Å². The molecule has 6 heteroatoms. The molecule has 2 N–H and O–H groups in total. The van der Waals surface area contributed by atoms with Gasteiger partial charge in [-0.05, 0) is 44.9 Å².